The summed E-state index contributed by atoms with van der Waals surface area (Å²) in [5, 5.41) is 19.9. The molecular weight excluding hydrogens is 312 g/mol. The van der Waals surface area contributed by atoms with Gasteiger partial charge in [-0.05, 0) is 55.6 Å². The van der Waals surface area contributed by atoms with E-state index in [1.54, 1.807) is 7.11 Å². The third-order valence-electron chi connectivity index (χ3n) is 6.93. The fraction of sp³-hybridized carbons (Fsp3) is 0.636. The van der Waals surface area contributed by atoms with Gasteiger partial charge >= 0.3 is 0 Å². The molecule has 0 amide bonds. The third-order valence-corrected chi connectivity index (χ3v) is 6.93. The Kier molecular flexibility index (Phi) is 4.99. The number of terminal acetylenes is 1. The number of aliphatic hydroxyl groups excluding tert-OH is 2. The second-order valence-corrected chi connectivity index (χ2v) is 8.11. The standard InChI is InChI=1S/C22H30O3/c1-5-22(25-4)12-10-19-16(7-6-11-21(19,22)3)8-9-17-13-18(23)14-20(24)15(17)2/h1,8-9,18-20,23-24H,2,6-7,10-14H2,3-4H3/b16-8?,17-9-/t18-,19-,20+,21-,22-/m0/s1. The molecule has 0 bridgehead atoms. The fourth-order valence-electron chi connectivity index (χ4n) is 5.33. The number of ether oxygens (including phenoxy) is 1. The van der Waals surface area contributed by atoms with Crippen LogP contribution >= 0.6 is 0 Å². The molecule has 3 aliphatic carbocycles. The summed E-state index contributed by atoms with van der Waals surface area (Å²) in [6.45, 7) is 6.28. The van der Waals surface area contributed by atoms with Gasteiger partial charge in [0, 0.05) is 18.9 Å². The number of methoxy groups -OCH3 is 1. The fourth-order valence-corrected chi connectivity index (χ4v) is 5.33. The molecule has 25 heavy (non-hydrogen) atoms. The molecule has 5 atom stereocenters. The first-order valence-electron chi connectivity index (χ1n) is 9.34. The second-order valence-electron chi connectivity index (χ2n) is 8.11. The smallest absolute Gasteiger partial charge is 0.133 e. The van der Waals surface area contributed by atoms with Crippen LogP contribution in [0.5, 0.6) is 0 Å². The van der Waals surface area contributed by atoms with E-state index >= 15 is 0 Å². The Morgan fingerprint density at radius 1 is 1.32 bits per heavy atom. The van der Waals surface area contributed by atoms with Crippen molar-refractivity contribution in [3.8, 4) is 12.3 Å². The van der Waals surface area contributed by atoms with Crippen LogP contribution in [0.25, 0.3) is 0 Å². The molecule has 3 saturated carbocycles. The first-order chi connectivity index (χ1) is 11.9. The Labute approximate surface area is 151 Å². The number of hydrogen-bond donors (Lipinski definition) is 2. The summed E-state index contributed by atoms with van der Waals surface area (Å²) < 4.78 is 5.85. The molecule has 136 valence electrons. The van der Waals surface area contributed by atoms with E-state index in [0.717, 1.165) is 43.3 Å². The summed E-state index contributed by atoms with van der Waals surface area (Å²) in [6, 6.07) is 0. The van der Waals surface area contributed by atoms with E-state index in [9.17, 15) is 10.2 Å². The van der Waals surface area contributed by atoms with Gasteiger partial charge in [-0.1, -0.05) is 37.1 Å². The normalized spacial score (nSPS) is 44.8. The minimum atomic E-state index is -0.640. The van der Waals surface area contributed by atoms with Crippen molar-refractivity contribution < 1.29 is 14.9 Å². The molecule has 0 saturated heterocycles. The average Bonchev–Trinajstić information content (AvgIpc) is 2.90. The quantitative estimate of drug-likeness (QED) is 0.755. The van der Waals surface area contributed by atoms with Crippen molar-refractivity contribution in [1.29, 1.82) is 0 Å². The first-order valence-corrected chi connectivity index (χ1v) is 9.34. The Morgan fingerprint density at radius 2 is 2.08 bits per heavy atom. The van der Waals surface area contributed by atoms with Crippen LogP contribution in [0.1, 0.15) is 51.9 Å². The van der Waals surface area contributed by atoms with Gasteiger partial charge in [0.15, 0.2) is 0 Å². The van der Waals surface area contributed by atoms with Gasteiger partial charge in [-0.25, -0.2) is 0 Å². The number of allylic oxidation sites excluding steroid dienone is 3. The highest BCUT2D eigenvalue weighted by Gasteiger charge is 2.58. The maximum atomic E-state index is 10.0. The molecule has 0 heterocycles. The van der Waals surface area contributed by atoms with Gasteiger partial charge < -0.3 is 14.9 Å². The Morgan fingerprint density at radius 3 is 2.76 bits per heavy atom. The number of hydrogen-bond acceptors (Lipinski definition) is 3. The van der Waals surface area contributed by atoms with Gasteiger partial charge in [0.25, 0.3) is 0 Å². The zero-order chi connectivity index (χ0) is 18.2. The molecule has 0 aromatic heterocycles. The van der Waals surface area contributed by atoms with Gasteiger partial charge in [-0.2, -0.15) is 0 Å². The zero-order valence-electron chi connectivity index (χ0n) is 15.4. The van der Waals surface area contributed by atoms with Crippen molar-refractivity contribution >= 4 is 0 Å². The lowest BCUT2D eigenvalue weighted by Crippen LogP contribution is -2.47. The lowest BCUT2D eigenvalue weighted by Gasteiger charge is -2.46. The Bertz CT molecular complexity index is 653. The molecule has 2 N–H and O–H groups in total. The maximum Gasteiger partial charge on any atom is 0.133 e. The van der Waals surface area contributed by atoms with Crippen LogP contribution in [-0.2, 0) is 4.74 Å². The van der Waals surface area contributed by atoms with Gasteiger partial charge in [0.2, 0.25) is 0 Å². The molecular formula is C22H30O3. The number of rotatable bonds is 2. The van der Waals surface area contributed by atoms with Crippen LogP contribution in [0.4, 0.5) is 0 Å². The van der Waals surface area contributed by atoms with Crippen molar-refractivity contribution in [2.24, 2.45) is 11.3 Å². The largest absolute Gasteiger partial charge is 0.393 e. The van der Waals surface area contributed by atoms with E-state index in [0.29, 0.717) is 18.8 Å². The predicted molar refractivity (Wildman–Crippen MR) is 99.8 cm³/mol. The molecule has 0 radical (unpaired) electrons. The Hall–Kier alpha value is -1.34. The van der Waals surface area contributed by atoms with Crippen LogP contribution in [0, 0.1) is 23.7 Å². The summed E-state index contributed by atoms with van der Waals surface area (Å²) in [6.07, 6.45) is 15.2. The zero-order valence-corrected chi connectivity index (χ0v) is 15.4. The number of fused-ring (bicyclic) bond motifs is 1. The monoisotopic (exact) mass is 342 g/mol. The van der Waals surface area contributed by atoms with Crippen LogP contribution in [-0.4, -0.2) is 35.1 Å². The molecule has 3 rings (SSSR count). The minimum absolute atomic E-state index is 0.0261. The summed E-state index contributed by atoms with van der Waals surface area (Å²) in [5.41, 5.74) is 2.62. The van der Waals surface area contributed by atoms with Crippen molar-refractivity contribution in [2.45, 2.75) is 69.7 Å². The van der Waals surface area contributed by atoms with E-state index in [1.807, 2.05) is 0 Å². The van der Waals surface area contributed by atoms with E-state index < -0.39 is 17.8 Å². The molecule has 3 fully saturated rings. The molecule has 0 aromatic rings. The van der Waals surface area contributed by atoms with Gasteiger partial charge in [-0.3, -0.25) is 0 Å². The van der Waals surface area contributed by atoms with E-state index in [-0.39, 0.29) is 5.41 Å². The maximum absolute atomic E-state index is 10.0. The number of aliphatic hydroxyl groups is 2. The molecule has 0 aromatic carbocycles. The highest BCUT2D eigenvalue weighted by Crippen LogP contribution is 2.60. The average molecular weight is 342 g/mol. The SMILES string of the molecule is C#C[C@]1(OC)CC[C@H]2C(=C/C=C3/C[C@H](O)C[C@@H](O)C3=C)CCC[C@@]21C. The van der Waals surface area contributed by atoms with Gasteiger partial charge in [0.05, 0.1) is 12.2 Å². The molecule has 0 unspecified atom stereocenters. The second kappa shape index (κ2) is 6.76. The van der Waals surface area contributed by atoms with E-state index in [1.165, 1.54) is 5.57 Å². The lowest BCUT2D eigenvalue weighted by atomic mass is 9.62. The topological polar surface area (TPSA) is 49.7 Å². The molecule has 0 spiro atoms. The highest BCUT2D eigenvalue weighted by atomic mass is 16.5. The third kappa shape index (κ3) is 2.91. The summed E-state index contributed by atoms with van der Waals surface area (Å²) in [5.74, 6) is 3.40. The van der Waals surface area contributed by atoms with Crippen molar-refractivity contribution in [1.82, 2.24) is 0 Å². The van der Waals surface area contributed by atoms with Gasteiger partial charge in [-0.15, -0.1) is 6.42 Å². The minimum Gasteiger partial charge on any atom is -0.393 e. The molecule has 3 nitrogen and oxygen atoms in total. The summed E-state index contributed by atoms with van der Waals surface area (Å²) in [4.78, 5) is 0. The first kappa shape index (κ1) is 18.5. The van der Waals surface area contributed by atoms with E-state index in [4.69, 9.17) is 11.2 Å². The van der Waals surface area contributed by atoms with Crippen LogP contribution in [0.3, 0.4) is 0 Å². The molecule has 3 aliphatic rings. The molecule has 3 heteroatoms. The van der Waals surface area contributed by atoms with Crippen molar-refractivity contribution in [2.75, 3.05) is 7.11 Å². The van der Waals surface area contributed by atoms with Crippen LogP contribution < -0.4 is 0 Å². The summed E-state index contributed by atoms with van der Waals surface area (Å²) in [7, 11) is 1.74. The Balaban J connectivity index is 1.89. The predicted octanol–water partition coefficient (Wildman–Crippen LogP) is 3.53. The summed E-state index contributed by atoms with van der Waals surface area (Å²) >= 11 is 0. The van der Waals surface area contributed by atoms with Crippen molar-refractivity contribution in [3.63, 3.8) is 0 Å². The van der Waals surface area contributed by atoms with E-state index in [2.05, 4.69) is 31.6 Å². The van der Waals surface area contributed by atoms with Gasteiger partial charge in [0.1, 0.15) is 5.60 Å². The lowest BCUT2D eigenvalue weighted by molar-refractivity contribution is -0.0606. The van der Waals surface area contributed by atoms with Crippen LogP contribution in [0.15, 0.2) is 35.5 Å². The van der Waals surface area contributed by atoms with Crippen molar-refractivity contribution in [3.05, 3.63) is 35.5 Å². The molecule has 0 aliphatic heterocycles. The van der Waals surface area contributed by atoms with Crippen LogP contribution in [0.2, 0.25) is 0 Å². The highest BCUT2D eigenvalue weighted by molar-refractivity contribution is 5.39.